The molecule has 1 aromatic heterocycles. The van der Waals surface area contributed by atoms with Crippen LogP contribution in [0.3, 0.4) is 0 Å². The zero-order valence-electron chi connectivity index (χ0n) is 5.67. The third-order valence-electron chi connectivity index (χ3n) is 1.03. The fraction of sp³-hybridized carbons (Fsp3) is 0.400. The van der Waals surface area contributed by atoms with E-state index in [0.29, 0.717) is 21.6 Å². The molecule has 0 saturated carbocycles. The van der Waals surface area contributed by atoms with Crippen molar-refractivity contribution < 1.29 is 5.11 Å². The number of rotatable bonds is 3. The first kappa shape index (κ1) is 8.70. The molecule has 4 N–H and O–H groups in total. The van der Waals surface area contributed by atoms with Gasteiger partial charge in [0.15, 0.2) is 0 Å². The predicted molar refractivity (Wildman–Crippen MR) is 45.8 cm³/mol. The van der Waals surface area contributed by atoms with Gasteiger partial charge in [-0.05, 0) is 0 Å². The quantitative estimate of drug-likeness (QED) is 0.619. The van der Waals surface area contributed by atoms with Crippen molar-refractivity contribution in [2.45, 2.75) is 5.03 Å². The Balaban J connectivity index is 2.63. The van der Waals surface area contributed by atoms with Gasteiger partial charge in [-0.2, -0.15) is 5.10 Å². The van der Waals surface area contributed by atoms with Crippen LogP contribution >= 0.6 is 23.4 Å². The van der Waals surface area contributed by atoms with Crippen molar-refractivity contribution in [2.75, 3.05) is 18.1 Å². The molecular formula is C5H8ClN3OS. The lowest BCUT2D eigenvalue weighted by Gasteiger charge is -1.92. The maximum atomic E-state index is 8.49. The minimum Gasteiger partial charge on any atom is -0.396 e. The topological polar surface area (TPSA) is 74.9 Å². The summed E-state index contributed by atoms with van der Waals surface area (Å²) in [5.41, 5.74) is 5.39. The van der Waals surface area contributed by atoms with Crippen molar-refractivity contribution in [1.29, 1.82) is 0 Å². The number of anilines is 1. The number of nitrogens with two attached hydrogens (primary N) is 1. The third kappa shape index (κ3) is 2.02. The Morgan fingerprint density at radius 1 is 1.73 bits per heavy atom. The van der Waals surface area contributed by atoms with Gasteiger partial charge in [0, 0.05) is 5.75 Å². The Labute approximate surface area is 73.1 Å². The van der Waals surface area contributed by atoms with Crippen LogP contribution < -0.4 is 5.73 Å². The second-order valence-corrected chi connectivity index (χ2v) is 3.29. The van der Waals surface area contributed by atoms with Gasteiger partial charge in [-0.25, -0.2) is 0 Å². The average molecular weight is 194 g/mol. The number of thioether (sulfide) groups is 1. The number of hydrogen-bond donors (Lipinski definition) is 3. The summed E-state index contributed by atoms with van der Waals surface area (Å²) < 4.78 is 0. The smallest absolute Gasteiger partial charge is 0.139 e. The van der Waals surface area contributed by atoms with Crippen LogP contribution in [-0.4, -0.2) is 27.7 Å². The molecule has 1 rings (SSSR count). The van der Waals surface area contributed by atoms with Gasteiger partial charge in [-0.15, -0.1) is 11.8 Å². The summed E-state index contributed by atoms with van der Waals surface area (Å²) in [6.45, 7) is 0.105. The molecule has 0 aliphatic carbocycles. The van der Waals surface area contributed by atoms with Gasteiger partial charge < -0.3 is 10.8 Å². The molecule has 0 aliphatic rings. The highest BCUT2D eigenvalue weighted by molar-refractivity contribution is 7.99. The van der Waals surface area contributed by atoms with Gasteiger partial charge in [0.25, 0.3) is 0 Å². The fourth-order valence-corrected chi connectivity index (χ4v) is 1.44. The highest BCUT2D eigenvalue weighted by Crippen LogP contribution is 2.28. The monoisotopic (exact) mass is 193 g/mol. The summed E-state index contributed by atoms with van der Waals surface area (Å²) in [5, 5.41) is 15.9. The summed E-state index contributed by atoms with van der Waals surface area (Å²) >= 11 is 7.09. The Morgan fingerprint density at radius 2 is 2.45 bits per heavy atom. The molecule has 0 fully saturated rings. The van der Waals surface area contributed by atoms with Crippen molar-refractivity contribution in [3.8, 4) is 0 Å². The minimum absolute atomic E-state index is 0.105. The molecule has 1 heterocycles. The van der Waals surface area contributed by atoms with Crippen LogP contribution in [0.25, 0.3) is 0 Å². The zero-order valence-corrected chi connectivity index (χ0v) is 7.24. The number of nitrogens with zero attached hydrogens (tertiary/aromatic N) is 1. The van der Waals surface area contributed by atoms with Gasteiger partial charge >= 0.3 is 0 Å². The molecule has 0 spiro atoms. The molecular weight excluding hydrogens is 186 g/mol. The minimum atomic E-state index is 0.105. The van der Waals surface area contributed by atoms with Crippen molar-refractivity contribution in [2.24, 2.45) is 0 Å². The Hall–Kier alpha value is -0.390. The highest BCUT2D eigenvalue weighted by Gasteiger charge is 2.07. The van der Waals surface area contributed by atoms with E-state index < -0.39 is 0 Å². The Bertz CT molecular complexity index is 240. The molecule has 1 aromatic rings. The summed E-state index contributed by atoms with van der Waals surface area (Å²) in [7, 11) is 0. The van der Waals surface area contributed by atoms with Crippen LogP contribution in [-0.2, 0) is 0 Å². The van der Waals surface area contributed by atoms with E-state index in [0.717, 1.165) is 0 Å². The van der Waals surface area contributed by atoms with E-state index in [2.05, 4.69) is 10.2 Å². The summed E-state index contributed by atoms with van der Waals surface area (Å²) in [4.78, 5) is 0. The van der Waals surface area contributed by atoms with E-state index >= 15 is 0 Å². The van der Waals surface area contributed by atoms with Crippen molar-refractivity contribution in [3.63, 3.8) is 0 Å². The van der Waals surface area contributed by atoms with E-state index in [9.17, 15) is 0 Å². The number of nitrogen functional groups attached to an aromatic ring is 1. The molecule has 0 amide bonds. The lowest BCUT2D eigenvalue weighted by Crippen LogP contribution is -1.85. The molecule has 6 heteroatoms. The van der Waals surface area contributed by atoms with Gasteiger partial charge in [0.2, 0.25) is 0 Å². The first-order valence-corrected chi connectivity index (χ1v) is 4.35. The molecule has 62 valence electrons. The molecule has 0 aliphatic heterocycles. The van der Waals surface area contributed by atoms with E-state index in [1.807, 2.05) is 0 Å². The third-order valence-corrected chi connectivity index (χ3v) is 2.48. The second-order valence-electron chi connectivity index (χ2n) is 1.83. The number of nitrogens with one attached hydrogen (secondary N) is 1. The van der Waals surface area contributed by atoms with Gasteiger partial charge in [0.1, 0.15) is 15.9 Å². The highest BCUT2D eigenvalue weighted by atomic mass is 35.5. The fourth-order valence-electron chi connectivity index (χ4n) is 0.562. The van der Waals surface area contributed by atoms with E-state index in [1.165, 1.54) is 11.8 Å². The second kappa shape index (κ2) is 3.85. The lowest BCUT2D eigenvalue weighted by molar-refractivity contribution is 0.322. The van der Waals surface area contributed by atoms with E-state index in [4.69, 9.17) is 22.4 Å². The van der Waals surface area contributed by atoms with E-state index in [-0.39, 0.29) is 6.61 Å². The molecule has 0 aromatic carbocycles. The number of aliphatic hydroxyl groups excluding tert-OH is 1. The Kier molecular flexibility index (Phi) is 3.04. The summed E-state index contributed by atoms with van der Waals surface area (Å²) in [6.07, 6.45) is 0. The molecule has 11 heavy (non-hydrogen) atoms. The number of aliphatic hydroxyl groups is 1. The SMILES string of the molecule is Nc1[nH]nc(SCCO)c1Cl. The van der Waals surface area contributed by atoms with Crippen molar-refractivity contribution in [3.05, 3.63) is 5.02 Å². The average Bonchev–Trinajstić information content (AvgIpc) is 2.31. The largest absolute Gasteiger partial charge is 0.396 e. The molecule has 0 saturated heterocycles. The standard InChI is InChI=1S/C5H8ClN3OS/c6-3-4(7)8-9-5(3)11-2-1-10/h10H,1-2H2,(H3,7,8,9). The zero-order chi connectivity index (χ0) is 8.27. The normalized spacial score (nSPS) is 10.4. The predicted octanol–water partition coefficient (Wildman–Crippen LogP) is 0.730. The first-order valence-electron chi connectivity index (χ1n) is 2.98. The van der Waals surface area contributed by atoms with Crippen molar-refractivity contribution >= 4 is 29.2 Å². The van der Waals surface area contributed by atoms with Crippen molar-refractivity contribution in [1.82, 2.24) is 10.2 Å². The maximum absolute atomic E-state index is 8.49. The number of aromatic amines is 1. The Morgan fingerprint density at radius 3 is 2.91 bits per heavy atom. The number of H-pyrrole nitrogens is 1. The molecule has 0 atom stereocenters. The maximum Gasteiger partial charge on any atom is 0.139 e. The summed E-state index contributed by atoms with van der Waals surface area (Å²) in [6, 6.07) is 0. The van der Waals surface area contributed by atoms with E-state index in [1.54, 1.807) is 0 Å². The first-order chi connectivity index (χ1) is 5.25. The van der Waals surface area contributed by atoms with Crippen LogP contribution in [0.4, 0.5) is 5.82 Å². The number of halogens is 1. The summed E-state index contributed by atoms with van der Waals surface area (Å²) in [5.74, 6) is 0.941. The number of aromatic nitrogens is 2. The van der Waals surface area contributed by atoms with Crippen LogP contribution in [0.5, 0.6) is 0 Å². The van der Waals surface area contributed by atoms with Crippen LogP contribution in [0.15, 0.2) is 5.03 Å². The molecule has 0 bridgehead atoms. The van der Waals surface area contributed by atoms with Crippen LogP contribution in [0.2, 0.25) is 5.02 Å². The van der Waals surface area contributed by atoms with Crippen LogP contribution in [0.1, 0.15) is 0 Å². The molecule has 0 radical (unpaired) electrons. The van der Waals surface area contributed by atoms with Gasteiger partial charge in [-0.1, -0.05) is 11.6 Å². The van der Waals surface area contributed by atoms with Gasteiger partial charge in [0.05, 0.1) is 6.61 Å². The molecule has 4 nitrogen and oxygen atoms in total. The lowest BCUT2D eigenvalue weighted by atomic mass is 10.7. The van der Waals surface area contributed by atoms with Gasteiger partial charge in [-0.3, -0.25) is 5.10 Å². The number of hydrogen-bond acceptors (Lipinski definition) is 4. The molecule has 0 unspecified atom stereocenters. The van der Waals surface area contributed by atoms with Crippen LogP contribution in [0, 0.1) is 0 Å².